The third kappa shape index (κ3) is 5.50. The predicted molar refractivity (Wildman–Crippen MR) is 121 cm³/mol. The molecule has 0 aliphatic carbocycles. The summed E-state index contributed by atoms with van der Waals surface area (Å²) in [5.74, 6) is -0.377. The highest BCUT2D eigenvalue weighted by atomic mass is 32.1. The molecule has 0 radical (unpaired) electrons. The molecule has 1 amide bonds. The first kappa shape index (κ1) is 22.1. The van der Waals surface area contributed by atoms with Crippen molar-refractivity contribution in [3.63, 3.8) is 0 Å². The van der Waals surface area contributed by atoms with Crippen LogP contribution in [0.5, 0.6) is 0 Å². The lowest BCUT2D eigenvalue weighted by Crippen LogP contribution is -2.27. The first-order chi connectivity index (χ1) is 14.6. The highest BCUT2D eigenvalue weighted by molar-refractivity contribution is 7.15. The number of hydrogen-bond donors (Lipinski definition) is 1. The summed E-state index contributed by atoms with van der Waals surface area (Å²) in [6, 6.07) is 7.07. The number of aryl methyl sites for hydroxylation is 2. The van der Waals surface area contributed by atoms with E-state index in [0.29, 0.717) is 22.4 Å². The van der Waals surface area contributed by atoms with Gasteiger partial charge in [0.2, 0.25) is 5.13 Å². The number of aromatic nitrogens is 4. The number of nitrogens with one attached hydrogen (secondary N) is 1. The Hall–Kier alpha value is -2.61. The van der Waals surface area contributed by atoms with E-state index in [1.165, 1.54) is 48.1 Å². The van der Waals surface area contributed by atoms with Crippen LogP contribution in [-0.2, 0) is 13.0 Å². The zero-order chi connectivity index (χ0) is 21.3. The number of carbonyl (C=O) groups is 1. The minimum atomic E-state index is -0.377. The molecule has 0 fully saturated rings. The molecule has 3 rings (SSSR count). The average Bonchev–Trinajstić information content (AvgIpc) is 3.20. The lowest BCUT2D eigenvalue weighted by molar-refractivity contribution is 0.102. The van der Waals surface area contributed by atoms with E-state index in [0.717, 1.165) is 24.3 Å². The fourth-order valence-electron chi connectivity index (χ4n) is 3.38. The molecule has 0 unspecified atom stereocenters. The molecule has 1 aromatic carbocycles. The molecule has 7 nitrogen and oxygen atoms in total. The Labute approximate surface area is 180 Å². The van der Waals surface area contributed by atoms with Crippen molar-refractivity contribution in [2.45, 2.75) is 71.8 Å². The molecular formula is C22H29N5O2S. The van der Waals surface area contributed by atoms with Crippen LogP contribution in [0.3, 0.4) is 0 Å². The molecule has 0 bridgehead atoms. The molecule has 0 aliphatic rings. The molecule has 1 N–H and O–H groups in total. The number of amides is 1. The quantitative estimate of drug-likeness (QED) is 0.443. The van der Waals surface area contributed by atoms with Crippen molar-refractivity contribution in [1.29, 1.82) is 0 Å². The van der Waals surface area contributed by atoms with Crippen molar-refractivity contribution in [2.24, 2.45) is 0 Å². The highest BCUT2D eigenvalue weighted by Gasteiger charge is 2.18. The van der Waals surface area contributed by atoms with Crippen molar-refractivity contribution in [1.82, 2.24) is 20.0 Å². The first-order valence-corrected chi connectivity index (χ1v) is 11.6. The van der Waals surface area contributed by atoms with Gasteiger partial charge in [0.1, 0.15) is 5.01 Å². The molecule has 160 valence electrons. The molecule has 2 aromatic heterocycles. The summed E-state index contributed by atoms with van der Waals surface area (Å²) >= 11 is 1.40. The Kier molecular flexibility index (Phi) is 8.07. The van der Waals surface area contributed by atoms with Crippen molar-refractivity contribution in [3.05, 3.63) is 45.3 Å². The third-order valence-corrected chi connectivity index (χ3v) is 5.85. The number of rotatable bonds is 11. The van der Waals surface area contributed by atoms with Gasteiger partial charge in [-0.3, -0.25) is 14.9 Å². The molecule has 8 heteroatoms. The summed E-state index contributed by atoms with van der Waals surface area (Å²) < 4.78 is 1.36. The molecule has 2 heterocycles. The number of anilines is 1. The van der Waals surface area contributed by atoms with Crippen LogP contribution in [0.4, 0.5) is 5.13 Å². The van der Waals surface area contributed by atoms with Gasteiger partial charge in [0.05, 0.1) is 5.39 Å². The van der Waals surface area contributed by atoms with E-state index in [4.69, 9.17) is 0 Å². The Morgan fingerprint density at radius 2 is 1.73 bits per heavy atom. The predicted octanol–water partition coefficient (Wildman–Crippen LogP) is 4.81. The van der Waals surface area contributed by atoms with Gasteiger partial charge in [-0.15, -0.1) is 10.2 Å². The van der Waals surface area contributed by atoms with Crippen LogP contribution >= 0.6 is 11.3 Å². The van der Waals surface area contributed by atoms with Gasteiger partial charge in [-0.2, -0.15) is 5.10 Å². The molecule has 0 spiro atoms. The number of unbranched alkanes of at least 4 members (excludes halogenated alkanes) is 5. The number of hydrogen-bond acceptors (Lipinski definition) is 6. The molecular weight excluding hydrogens is 398 g/mol. The average molecular weight is 428 g/mol. The standard InChI is InChI=1S/C22H29N5O2S/c1-3-5-6-7-8-9-14-18-24-25-22(30-18)23-20(28)19-16-12-10-11-13-17(16)21(29)27(26-19)15-4-2/h10-13H,3-9,14-15H2,1-2H3,(H,23,25,28). The number of fused-ring (bicyclic) bond motifs is 1. The first-order valence-electron chi connectivity index (χ1n) is 10.8. The Bertz CT molecular complexity index is 1040. The lowest BCUT2D eigenvalue weighted by atomic mass is 10.1. The smallest absolute Gasteiger partial charge is 0.278 e. The maximum absolute atomic E-state index is 12.9. The van der Waals surface area contributed by atoms with Gasteiger partial charge in [0.25, 0.3) is 11.5 Å². The van der Waals surface area contributed by atoms with E-state index in [9.17, 15) is 9.59 Å². The summed E-state index contributed by atoms with van der Waals surface area (Å²) in [7, 11) is 0. The fourth-order valence-corrected chi connectivity index (χ4v) is 4.16. The second-order valence-corrected chi connectivity index (χ2v) is 8.46. The topological polar surface area (TPSA) is 89.8 Å². The Morgan fingerprint density at radius 3 is 2.50 bits per heavy atom. The maximum atomic E-state index is 12.9. The summed E-state index contributed by atoms with van der Waals surface area (Å²) in [5, 5.41) is 17.9. The largest absolute Gasteiger partial charge is 0.295 e. The summed E-state index contributed by atoms with van der Waals surface area (Å²) in [6.45, 7) is 4.65. The van der Waals surface area contributed by atoms with Crippen LogP contribution in [0, 0.1) is 0 Å². The van der Waals surface area contributed by atoms with Crippen LogP contribution in [0.1, 0.15) is 74.3 Å². The van der Waals surface area contributed by atoms with Crippen molar-refractivity contribution < 1.29 is 4.79 Å². The van der Waals surface area contributed by atoms with Crippen LogP contribution in [-0.4, -0.2) is 25.9 Å². The number of carbonyl (C=O) groups excluding carboxylic acids is 1. The van der Waals surface area contributed by atoms with E-state index in [1.54, 1.807) is 24.3 Å². The van der Waals surface area contributed by atoms with Gasteiger partial charge in [-0.05, 0) is 18.9 Å². The number of benzene rings is 1. The Morgan fingerprint density at radius 1 is 1.00 bits per heavy atom. The molecule has 3 aromatic rings. The lowest BCUT2D eigenvalue weighted by Gasteiger charge is -2.09. The molecule has 30 heavy (non-hydrogen) atoms. The van der Waals surface area contributed by atoms with E-state index in [1.807, 2.05) is 6.92 Å². The summed E-state index contributed by atoms with van der Waals surface area (Å²) in [6.07, 6.45) is 8.99. The molecule has 0 atom stereocenters. The number of nitrogens with zero attached hydrogens (tertiary/aromatic N) is 4. The SMILES string of the molecule is CCCCCCCCc1nnc(NC(=O)c2nn(CCC)c(=O)c3ccccc23)s1. The van der Waals surface area contributed by atoms with Gasteiger partial charge in [0, 0.05) is 18.4 Å². The third-order valence-electron chi connectivity index (χ3n) is 4.95. The Balaban J connectivity index is 1.69. The minimum absolute atomic E-state index is 0.180. The van der Waals surface area contributed by atoms with Gasteiger partial charge >= 0.3 is 0 Å². The zero-order valence-corrected chi connectivity index (χ0v) is 18.5. The van der Waals surface area contributed by atoms with Crippen LogP contribution in [0.15, 0.2) is 29.1 Å². The summed E-state index contributed by atoms with van der Waals surface area (Å²) in [4.78, 5) is 25.5. The van der Waals surface area contributed by atoms with E-state index in [-0.39, 0.29) is 17.2 Å². The summed E-state index contributed by atoms with van der Waals surface area (Å²) in [5.41, 5.74) is 0.0486. The second kappa shape index (κ2) is 11.0. The van der Waals surface area contributed by atoms with Gasteiger partial charge in [0.15, 0.2) is 5.69 Å². The molecule has 0 saturated heterocycles. The van der Waals surface area contributed by atoms with Crippen LogP contribution < -0.4 is 10.9 Å². The monoisotopic (exact) mass is 427 g/mol. The van der Waals surface area contributed by atoms with Crippen molar-refractivity contribution in [2.75, 3.05) is 5.32 Å². The fraction of sp³-hybridized carbons (Fsp3) is 0.500. The van der Waals surface area contributed by atoms with Gasteiger partial charge in [-0.25, -0.2) is 4.68 Å². The van der Waals surface area contributed by atoms with Crippen molar-refractivity contribution in [3.8, 4) is 0 Å². The van der Waals surface area contributed by atoms with Gasteiger partial charge in [-0.1, -0.05) is 75.5 Å². The van der Waals surface area contributed by atoms with Gasteiger partial charge < -0.3 is 0 Å². The maximum Gasteiger partial charge on any atom is 0.278 e. The zero-order valence-electron chi connectivity index (χ0n) is 17.7. The van der Waals surface area contributed by atoms with Crippen LogP contribution in [0.2, 0.25) is 0 Å². The van der Waals surface area contributed by atoms with Crippen molar-refractivity contribution >= 4 is 33.1 Å². The second-order valence-electron chi connectivity index (χ2n) is 7.40. The van der Waals surface area contributed by atoms with Crippen LogP contribution in [0.25, 0.3) is 10.8 Å². The molecule has 0 aliphatic heterocycles. The minimum Gasteiger partial charge on any atom is -0.295 e. The molecule has 0 saturated carbocycles. The van der Waals surface area contributed by atoms with E-state index in [2.05, 4.69) is 27.5 Å². The van der Waals surface area contributed by atoms with E-state index >= 15 is 0 Å². The highest BCUT2D eigenvalue weighted by Crippen LogP contribution is 2.20. The normalized spacial score (nSPS) is 11.1. The van der Waals surface area contributed by atoms with E-state index < -0.39 is 0 Å².